The molecule has 0 rings (SSSR count). The first-order valence-electron chi connectivity index (χ1n) is 4.98. The number of oxime groups is 1. The molecule has 0 aliphatic carbocycles. The van der Waals surface area contributed by atoms with Gasteiger partial charge in [0.2, 0.25) is 0 Å². The zero-order valence-electron chi connectivity index (χ0n) is 9.15. The van der Waals surface area contributed by atoms with Crippen molar-refractivity contribution in [3.05, 3.63) is 0 Å². The number of alkyl halides is 1. The fourth-order valence-corrected chi connectivity index (χ4v) is 1.16. The topological polar surface area (TPSA) is 71.1 Å². The Balaban J connectivity index is 3.78. The van der Waals surface area contributed by atoms with Gasteiger partial charge < -0.3 is 20.6 Å². The number of ether oxygens (including phenoxy) is 1. The van der Waals surface area contributed by atoms with Crippen LogP contribution >= 0.6 is 0 Å². The van der Waals surface area contributed by atoms with Gasteiger partial charge in [0, 0.05) is 33.2 Å². The molecule has 0 aliphatic rings. The first-order valence-corrected chi connectivity index (χ1v) is 4.98. The molecule has 0 spiro atoms. The van der Waals surface area contributed by atoms with Gasteiger partial charge in [-0.3, -0.25) is 4.39 Å². The van der Waals surface area contributed by atoms with Crippen molar-refractivity contribution < 1.29 is 14.3 Å². The first-order chi connectivity index (χ1) is 7.24. The van der Waals surface area contributed by atoms with E-state index in [0.717, 1.165) is 6.54 Å². The van der Waals surface area contributed by atoms with Gasteiger partial charge in [0.25, 0.3) is 0 Å². The van der Waals surface area contributed by atoms with Crippen LogP contribution in [0.15, 0.2) is 5.16 Å². The minimum Gasteiger partial charge on any atom is -0.409 e. The second-order valence-corrected chi connectivity index (χ2v) is 3.22. The maximum atomic E-state index is 12.0. The van der Waals surface area contributed by atoms with Gasteiger partial charge in [-0.1, -0.05) is 5.16 Å². The monoisotopic (exact) mass is 221 g/mol. The van der Waals surface area contributed by atoms with E-state index in [2.05, 4.69) is 5.16 Å². The van der Waals surface area contributed by atoms with Crippen molar-refractivity contribution in [2.45, 2.75) is 12.8 Å². The molecule has 0 amide bonds. The molecule has 5 nitrogen and oxygen atoms in total. The molecular weight excluding hydrogens is 201 g/mol. The van der Waals surface area contributed by atoms with Crippen LogP contribution in [-0.2, 0) is 4.74 Å². The van der Waals surface area contributed by atoms with E-state index in [1.807, 2.05) is 4.90 Å². The Labute approximate surface area is 89.7 Å². The van der Waals surface area contributed by atoms with Crippen molar-refractivity contribution in [2.24, 2.45) is 10.9 Å². The van der Waals surface area contributed by atoms with Crippen LogP contribution < -0.4 is 5.73 Å². The van der Waals surface area contributed by atoms with Gasteiger partial charge in [0.1, 0.15) is 5.84 Å². The fraction of sp³-hybridized carbons (Fsp3) is 0.889. The third-order valence-corrected chi connectivity index (χ3v) is 2.03. The fourth-order valence-electron chi connectivity index (χ4n) is 1.16. The number of nitrogens with two attached hydrogens (primary N) is 1. The van der Waals surface area contributed by atoms with Crippen LogP contribution in [0.25, 0.3) is 0 Å². The van der Waals surface area contributed by atoms with Crippen LogP contribution in [0.3, 0.4) is 0 Å². The molecule has 15 heavy (non-hydrogen) atoms. The van der Waals surface area contributed by atoms with Crippen LogP contribution in [0, 0.1) is 0 Å². The minimum atomic E-state index is -0.326. The molecule has 0 bridgehead atoms. The molecule has 6 heteroatoms. The SMILES string of the molecule is COCCN(CCCF)CCC(N)=NO. The predicted octanol–water partition coefficient (Wildman–Crippen LogP) is 0.431. The van der Waals surface area contributed by atoms with E-state index in [4.69, 9.17) is 15.7 Å². The summed E-state index contributed by atoms with van der Waals surface area (Å²) < 4.78 is 16.9. The lowest BCUT2D eigenvalue weighted by molar-refractivity contribution is 0.146. The van der Waals surface area contributed by atoms with Gasteiger partial charge in [0.15, 0.2) is 0 Å². The minimum absolute atomic E-state index is 0.192. The molecule has 0 aromatic heterocycles. The number of methoxy groups -OCH3 is 1. The second kappa shape index (κ2) is 9.67. The number of rotatable bonds is 9. The molecule has 0 saturated heterocycles. The van der Waals surface area contributed by atoms with Gasteiger partial charge in [-0.25, -0.2) is 0 Å². The molecule has 0 aliphatic heterocycles. The highest BCUT2D eigenvalue weighted by atomic mass is 19.1. The summed E-state index contributed by atoms with van der Waals surface area (Å²) in [4.78, 5) is 2.03. The first kappa shape index (κ1) is 14.1. The molecule has 0 saturated carbocycles. The Kier molecular flexibility index (Phi) is 9.10. The molecule has 0 aromatic carbocycles. The highest BCUT2D eigenvalue weighted by Crippen LogP contribution is 1.95. The second-order valence-electron chi connectivity index (χ2n) is 3.22. The van der Waals surface area contributed by atoms with Crippen LogP contribution in [0.4, 0.5) is 4.39 Å². The highest BCUT2D eigenvalue weighted by Gasteiger charge is 2.05. The third kappa shape index (κ3) is 8.14. The molecule has 90 valence electrons. The summed E-state index contributed by atoms with van der Waals surface area (Å²) >= 11 is 0. The van der Waals surface area contributed by atoms with Crippen molar-refractivity contribution in [2.75, 3.05) is 40.0 Å². The van der Waals surface area contributed by atoms with Gasteiger partial charge in [-0.05, 0) is 6.42 Å². The van der Waals surface area contributed by atoms with E-state index >= 15 is 0 Å². The summed E-state index contributed by atoms with van der Waals surface area (Å²) in [5, 5.41) is 11.2. The Morgan fingerprint density at radius 3 is 2.73 bits per heavy atom. The summed E-state index contributed by atoms with van der Waals surface area (Å²) in [7, 11) is 1.62. The summed E-state index contributed by atoms with van der Waals surface area (Å²) in [6, 6.07) is 0. The van der Waals surface area contributed by atoms with Crippen molar-refractivity contribution >= 4 is 5.84 Å². The zero-order valence-corrected chi connectivity index (χ0v) is 9.15. The third-order valence-electron chi connectivity index (χ3n) is 2.03. The Hall–Kier alpha value is -0.880. The van der Waals surface area contributed by atoms with E-state index in [1.54, 1.807) is 7.11 Å². The van der Waals surface area contributed by atoms with Crippen molar-refractivity contribution in [1.82, 2.24) is 4.90 Å². The number of hydrogen-bond donors (Lipinski definition) is 2. The molecule has 3 N–H and O–H groups in total. The van der Waals surface area contributed by atoms with Crippen LogP contribution in [-0.4, -0.2) is 56.0 Å². The van der Waals surface area contributed by atoms with Crippen LogP contribution in [0.1, 0.15) is 12.8 Å². The Bertz CT molecular complexity index is 171. The number of nitrogens with zero attached hydrogens (tertiary/aromatic N) is 2. The van der Waals surface area contributed by atoms with Crippen molar-refractivity contribution in [3.63, 3.8) is 0 Å². The summed E-state index contributed by atoms with van der Waals surface area (Å²) in [6.07, 6.45) is 0.979. The average Bonchev–Trinajstić information content (AvgIpc) is 2.27. The van der Waals surface area contributed by atoms with E-state index in [0.29, 0.717) is 32.5 Å². The number of amidine groups is 1. The normalized spacial score (nSPS) is 12.3. The molecule has 0 fully saturated rings. The van der Waals surface area contributed by atoms with Gasteiger partial charge in [0.05, 0.1) is 13.3 Å². The Morgan fingerprint density at radius 1 is 1.47 bits per heavy atom. The molecule has 0 heterocycles. The summed E-state index contributed by atoms with van der Waals surface area (Å²) in [6.45, 7) is 2.32. The number of halogens is 1. The van der Waals surface area contributed by atoms with Gasteiger partial charge in [-0.2, -0.15) is 0 Å². The quantitative estimate of drug-likeness (QED) is 0.256. The summed E-state index contributed by atoms with van der Waals surface area (Å²) in [5.41, 5.74) is 5.35. The maximum Gasteiger partial charge on any atom is 0.140 e. The number of hydrogen-bond acceptors (Lipinski definition) is 4. The molecule has 0 atom stereocenters. The summed E-state index contributed by atoms with van der Waals surface area (Å²) in [5.74, 6) is 0.192. The zero-order chi connectivity index (χ0) is 11.5. The molecule has 0 aromatic rings. The largest absolute Gasteiger partial charge is 0.409 e. The van der Waals surface area contributed by atoms with E-state index in [9.17, 15) is 4.39 Å². The molecule has 0 radical (unpaired) electrons. The lowest BCUT2D eigenvalue weighted by Crippen LogP contribution is -2.32. The average molecular weight is 221 g/mol. The van der Waals surface area contributed by atoms with Gasteiger partial charge >= 0.3 is 0 Å². The smallest absolute Gasteiger partial charge is 0.140 e. The van der Waals surface area contributed by atoms with Crippen LogP contribution in [0.5, 0.6) is 0 Å². The van der Waals surface area contributed by atoms with Crippen LogP contribution in [0.2, 0.25) is 0 Å². The van der Waals surface area contributed by atoms with E-state index < -0.39 is 0 Å². The highest BCUT2D eigenvalue weighted by molar-refractivity contribution is 5.79. The Morgan fingerprint density at radius 2 is 2.20 bits per heavy atom. The van der Waals surface area contributed by atoms with Gasteiger partial charge in [-0.15, -0.1) is 0 Å². The predicted molar refractivity (Wildman–Crippen MR) is 56.9 cm³/mol. The van der Waals surface area contributed by atoms with Crippen molar-refractivity contribution in [3.8, 4) is 0 Å². The molecule has 0 unspecified atom stereocenters. The lowest BCUT2D eigenvalue weighted by atomic mass is 10.3. The molecular formula is C9H20FN3O2. The van der Waals surface area contributed by atoms with E-state index in [-0.39, 0.29) is 12.5 Å². The lowest BCUT2D eigenvalue weighted by Gasteiger charge is -2.20. The van der Waals surface area contributed by atoms with E-state index in [1.165, 1.54) is 0 Å². The standard InChI is InChI=1S/C9H20FN3O2/c1-15-8-7-13(5-2-4-10)6-3-9(11)12-14/h14H,2-8H2,1H3,(H2,11,12). The maximum absolute atomic E-state index is 12.0. The van der Waals surface area contributed by atoms with Crippen molar-refractivity contribution in [1.29, 1.82) is 0 Å².